The molecule has 1 N–H and O–H groups in total. The monoisotopic (exact) mass is 279 g/mol. The van der Waals surface area contributed by atoms with Crippen LogP contribution < -0.4 is 5.32 Å². The Morgan fingerprint density at radius 1 is 1.29 bits per heavy atom. The predicted octanol–water partition coefficient (Wildman–Crippen LogP) is 3.12. The lowest BCUT2D eigenvalue weighted by Crippen LogP contribution is -2.08. The number of nitrogens with one attached hydrogen (secondary N) is 1. The fourth-order valence-corrected chi connectivity index (χ4v) is 1.88. The number of carbonyl (C=O) groups is 1. The molecule has 0 bridgehead atoms. The summed E-state index contributed by atoms with van der Waals surface area (Å²) < 4.78 is 6.99. The molecule has 5 nitrogen and oxygen atoms in total. The molecule has 3 aromatic rings. The lowest BCUT2D eigenvalue weighted by Gasteiger charge is -2.06. The molecule has 1 aromatic carbocycles. The Kier molecular flexibility index (Phi) is 3.64. The Labute approximate surface area is 121 Å². The Bertz CT molecular complexity index is 744. The Balaban J connectivity index is 1.70. The van der Waals surface area contributed by atoms with Gasteiger partial charge in [-0.3, -0.25) is 4.79 Å². The summed E-state index contributed by atoms with van der Waals surface area (Å²) in [5.74, 6) is 0.423. The first-order valence-electron chi connectivity index (χ1n) is 6.42. The first-order chi connectivity index (χ1) is 10.3. The van der Waals surface area contributed by atoms with E-state index in [1.54, 1.807) is 37.0 Å². The molecule has 3 rings (SSSR count). The molecule has 2 heterocycles. The van der Waals surface area contributed by atoms with Crippen LogP contribution in [0.2, 0.25) is 0 Å². The fraction of sp³-hybridized carbons (Fsp3) is 0. The minimum atomic E-state index is -0.214. The van der Waals surface area contributed by atoms with Crippen LogP contribution in [0.25, 0.3) is 11.8 Å². The van der Waals surface area contributed by atoms with E-state index in [2.05, 4.69) is 10.3 Å². The first kappa shape index (κ1) is 12.9. The van der Waals surface area contributed by atoms with Crippen molar-refractivity contribution in [1.29, 1.82) is 0 Å². The van der Waals surface area contributed by atoms with Crippen molar-refractivity contribution >= 4 is 17.7 Å². The number of hydrogen-bond donors (Lipinski definition) is 1. The smallest absolute Gasteiger partial charge is 0.248 e. The van der Waals surface area contributed by atoms with Gasteiger partial charge in [-0.1, -0.05) is 6.07 Å². The number of rotatable bonds is 4. The molecule has 0 saturated heterocycles. The third-order valence-electron chi connectivity index (χ3n) is 2.86. The maximum absolute atomic E-state index is 11.8. The van der Waals surface area contributed by atoms with E-state index in [1.807, 2.05) is 35.0 Å². The molecule has 0 unspecified atom stereocenters. The van der Waals surface area contributed by atoms with Gasteiger partial charge in [-0.2, -0.15) is 0 Å². The third-order valence-corrected chi connectivity index (χ3v) is 2.86. The molecular formula is C16H13N3O2. The number of nitrogens with zero attached hydrogens (tertiary/aromatic N) is 2. The number of amides is 1. The van der Waals surface area contributed by atoms with E-state index in [1.165, 1.54) is 6.08 Å². The van der Waals surface area contributed by atoms with Crippen LogP contribution >= 0.6 is 0 Å². The quantitative estimate of drug-likeness (QED) is 0.746. The van der Waals surface area contributed by atoms with Crippen LogP contribution in [0.15, 0.2) is 71.9 Å². The number of hydrogen-bond acceptors (Lipinski definition) is 3. The molecule has 0 spiro atoms. The lowest BCUT2D eigenvalue weighted by atomic mass is 10.2. The summed E-state index contributed by atoms with van der Waals surface area (Å²) in [5, 5.41) is 2.81. The van der Waals surface area contributed by atoms with Crippen molar-refractivity contribution in [2.45, 2.75) is 0 Å². The highest BCUT2D eigenvalue weighted by molar-refractivity contribution is 6.01. The number of aromatic nitrogens is 2. The van der Waals surface area contributed by atoms with E-state index in [4.69, 9.17) is 4.42 Å². The lowest BCUT2D eigenvalue weighted by molar-refractivity contribution is -0.111. The average Bonchev–Trinajstić information content (AvgIpc) is 3.19. The molecule has 1 amide bonds. The first-order valence-corrected chi connectivity index (χ1v) is 6.42. The summed E-state index contributed by atoms with van der Waals surface area (Å²) in [4.78, 5) is 15.8. The number of imidazole rings is 1. The maximum Gasteiger partial charge on any atom is 0.248 e. The van der Waals surface area contributed by atoms with Gasteiger partial charge < -0.3 is 14.3 Å². The molecular weight excluding hydrogens is 266 g/mol. The summed E-state index contributed by atoms with van der Waals surface area (Å²) in [7, 11) is 0. The topological polar surface area (TPSA) is 60.1 Å². The highest BCUT2D eigenvalue weighted by atomic mass is 16.3. The molecule has 2 aromatic heterocycles. The number of anilines is 1. The zero-order valence-electron chi connectivity index (χ0n) is 11.1. The van der Waals surface area contributed by atoms with Crippen molar-refractivity contribution in [2.24, 2.45) is 0 Å². The van der Waals surface area contributed by atoms with Gasteiger partial charge in [-0.25, -0.2) is 4.98 Å². The van der Waals surface area contributed by atoms with Gasteiger partial charge in [0.05, 0.1) is 12.6 Å². The molecule has 0 saturated carbocycles. The van der Waals surface area contributed by atoms with E-state index in [9.17, 15) is 4.79 Å². The molecule has 0 aliphatic heterocycles. The van der Waals surface area contributed by atoms with Gasteiger partial charge in [0.2, 0.25) is 5.91 Å². The highest BCUT2D eigenvalue weighted by Crippen LogP contribution is 2.14. The summed E-state index contributed by atoms with van der Waals surface area (Å²) in [6, 6.07) is 11.1. The molecule has 0 fully saturated rings. The van der Waals surface area contributed by atoms with E-state index < -0.39 is 0 Å². The zero-order valence-corrected chi connectivity index (χ0v) is 11.1. The Morgan fingerprint density at radius 3 is 3.00 bits per heavy atom. The van der Waals surface area contributed by atoms with Crippen molar-refractivity contribution in [2.75, 3.05) is 5.32 Å². The Hall–Kier alpha value is -3.08. The van der Waals surface area contributed by atoms with Crippen molar-refractivity contribution in [3.63, 3.8) is 0 Å². The van der Waals surface area contributed by atoms with Crippen LogP contribution in [0.1, 0.15) is 5.76 Å². The van der Waals surface area contributed by atoms with Gasteiger partial charge in [0, 0.05) is 29.8 Å². The molecule has 5 heteroatoms. The predicted molar refractivity (Wildman–Crippen MR) is 79.9 cm³/mol. The SMILES string of the molecule is O=C(/C=C/c1ccco1)Nc1cccc(-n2ccnc2)c1. The molecule has 0 aliphatic carbocycles. The second kappa shape index (κ2) is 5.92. The number of furan rings is 1. The molecule has 21 heavy (non-hydrogen) atoms. The maximum atomic E-state index is 11.8. The van der Waals surface area contributed by atoms with Crippen LogP contribution in [0, 0.1) is 0 Å². The normalized spacial score (nSPS) is 10.9. The Morgan fingerprint density at radius 2 is 2.24 bits per heavy atom. The summed E-state index contributed by atoms with van der Waals surface area (Å²) >= 11 is 0. The van der Waals surface area contributed by atoms with Crippen molar-refractivity contribution < 1.29 is 9.21 Å². The molecule has 0 atom stereocenters. The van der Waals surface area contributed by atoms with E-state index >= 15 is 0 Å². The van der Waals surface area contributed by atoms with Crippen LogP contribution in [0.4, 0.5) is 5.69 Å². The van der Waals surface area contributed by atoms with Gasteiger partial charge in [-0.15, -0.1) is 0 Å². The fourth-order valence-electron chi connectivity index (χ4n) is 1.88. The summed E-state index contributed by atoms with van der Waals surface area (Å²) in [6.07, 6.45) is 9.87. The average molecular weight is 279 g/mol. The second-order valence-corrected chi connectivity index (χ2v) is 4.36. The molecule has 104 valence electrons. The minimum Gasteiger partial charge on any atom is -0.465 e. The molecule has 0 radical (unpaired) electrons. The highest BCUT2D eigenvalue weighted by Gasteiger charge is 2.01. The minimum absolute atomic E-state index is 0.214. The van der Waals surface area contributed by atoms with Crippen molar-refractivity contribution in [3.05, 3.63) is 73.2 Å². The standard InChI is InChI=1S/C16H13N3O2/c20-16(7-6-15-5-2-10-21-15)18-13-3-1-4-14(11-13)19-9-8-17-12-19/h1-12H,(H,18,20)/b7-6+. The van der Waals surface area contributed by atoms with E-state index in [-0.39, 0.29) is 5.91 Å². The van der Waals surface area contributed by atoms with Crippen molar-refractivity contribution in [3.8, 4) is 5.69 Å². The van der Waals surface area contributed by atoms with Crippen LogP contribution in [0.3, 0.4) is 0 Å². The van der Waals surface area contributed by atoms with Gasteiger partial charge in [-0.05, 0) is 36.4 Å². The van der Waals surface area contributed by atoms with Crippen LogP contribution in [-0.4, -0.2) is 15.5 Å². The molecule has 0 aliphatic rings. The van der Waals surface area contributed by atoms with E-state index in [0.717, 1.165) is 11.4 Å². The van der Waals surface area contributed by atoms with Gasteiger partial charge in [0.1, 0.15) is 5.76 Å². The van der Waals surface area contributed by atoms with Crippen LogP contribution in [-0.2, 0) is 4.79 Å². The second-order valence-electron chi connectivity index (χ2n) is 4.36. The summed E-state index contributed by atoms with van der Waals surface area (Å²) in [5.41, 5.74) is 1.65. The largest absolute Gasteiger partial charge is 0.465 e. The van der Waals surface area contributed by atoms with Crippen molar-refractivity contribution in [1.82, 2.24) is 9.55 Å². The zero-order chi connectivity index (χ0) is 14.5. The van der Waals surface area contributed by atoms with Gasteiger partial charge in [0.25, 0.3) is 0 Å². The van der Waals surface area contributed by atoms with Crippen LogP contribution in [0.5, 0.6) is 0 Å². The van der Waals surface area contributed by atoms with E-state index in [0.29, 0.717) is 5.76 Å². The third kappa shape index (κ3) is 3.27. The number of carbonyl (C=O) groups excluding carboxylic acids is 1. The van der Waals surface area contributed by atoms with Gasteiger partial charge in [0.15, 0.2) is 0 Å². The van der Waals surface area contributed by atoms with Gasteiger partial charge >= 0.3 is 0 Å². The summed E-state index contributed by atoms with van der Waals surface area (Å²) in [6.45, 7) is 0. The number of benzene rings is 1.